The molecule has 0 aliphatic carbocycles. The zero-order valence-electron chi connectivity index (χ0n) is 8.64. The first-order valence-electron chi connectivity index (χ1n) is 4.54. The second-order valence-corrected chi connectivity index (χ2v) is 3.28. The Kier molecular flexibility index (Phi) is 3.62. The van der Waals surface area contributed by atoms with Gasteiger partial charge in [0.05, 0.1) is 18.1 Å². The summed E-state index contributed by atoms with van der Waals surface area (Å²) in [5.41, 5.74) is 0.412. The first-order valence-corrected chi connectivity index (χ1v) is 4.54. The van der Waals surface area contributed by atoms with Gasteiger partial charge >= 0.3 is 5.69 Å². The fourth-order valence-electron chi connectivity index (χ4n) is 1.42. The van der Waals surface area contributed by atoms with E-state index in [0.717, 1.165) is 0 Å². The molecule has 0 bridgehead atoms. The Morgan fingerprint density at radius 2 is 2.27 bits per heavy atom. The van der Waals surface area contributed by atoms with E-state index < -0.39 is 11.0 Å². The molecule has 1 aromatic rings. The highest BCUT2D eigenvalue weighted by atomic mass is 16.6. The molecule has 0 radical (unpaired) electrons. The van der Waals surface area contributed by atoms with Gasteiger partial charge in [-0.2, -0.15) is 0 Å². The van der Waals surface area contributed by atoms with Gasteiger partial charge in [0.1, 0.15) is 0 Å². The van der Waals surface area contributed by atoms with E-state index in [4.69, 9.17) is 4.74 Å². The van der Waals surface area contributed by atoms with Gasteiger partial charge in [0.15, 0.2) is 5.75 Å². The molecule has 1 rings (SSSR count). The van der Waals surface area contributed by atoms with Gasteiger partial charge in [-0.1, -0.05) is 12.1 Å². The van der Waals surface area contributed by atoms with Crippen LogP contribution in [-0.4, -0.2) is 23.2 Å². The van der Waals surface area contributed by atoms with E-state index in [2.05, 4.69) is 0 Å². The molecule has 0 aromatic heterocycles. The normalized spacial score (nSPS) is 12.2. The van der Waals surface area contributed by atoms with Gasteiger partial charge in [-0.3, -0.25) is 10.1 Å². The quantitative estimate of drug-likeness (QED) is 0.605. The molecule has 0 spiro atoms. The molecule has 82 valence electrons. The molecule has 1 aromatic carbocycles. The number of rotatable bonds is 4. The maximum absolute atomic E-state index is 10.8. The predicted molar refractivity (Wildman–Crippen MR) is 55.0 cm³/mol. The van der Waals surface area contributed by atoms with E-state index in [9.17, 15) is 15.2 Å². The number of nitro groups is 1. The molecule has 5 heteroatoms. The van der Waals surface area contributed by atoms with E-state index in [1.165, 1.54) is 13.2 Å². The minimum Gasteiger partial charge on any atom is -0.490 e. The molecule has 1 N–H and O–H groups in total. The summed E-state index contributed by atoms with van der Waals surface area (Å²) >= 11 is 0. The van der Waals surface area contributed by atoms with Gasteiger partial charge in [-0.05, 0) is 13.0 Å². The summed E-state index contributed by atoms with van der Waals surface area (Å²) < 4.78 is 4.91. The van der Waals surface area contributed by atoms with Gasteiger partial charge in [0.2, 0.25) is 0 Å². The van der Waals surface area contributed by atoms with Crippen LogP contribution in [0.2, 0.25) is 0 Å². The molecule has 0 saturated carbocycles. The number of aliphatic hydroxyl groups excluding tert-OH is 1. The maximum atomic E-state index is 10.8. The molecule has 0 aliphatic rings. The molecule has 0 heterocycles. The minimum absolute atomic E-state index is 0.0686. The Labute approximate surface area is 87.5 Å². The second kappa shape index (κ2) is 4.75. The smallest absolute Gasteiger partial charge is 0.314 e. The van der Waals surface area contributed by atoms with Crippen LogP contribution in [0.15, 0.2) is 18.2 Å². The van der Waals surface area contributed by atoms with E-state index in [1.54, 1.807) is 19.1 Å². The van der Waals surface area contributed by atoms with Crippen LogP contribution in [0.5, 0.6) is 5.75 Å². The molecule has 0 fully saturated rings. The van der Waals surface area contributed by atoms with E-state index in [0.29, 0.717) is 5.56 Å². The van der Waals surface area contributed by atoms with Crippen LogP contribution in [0.4, 0.5) is 5.69 Å². The summed E-state index contributed by atoms with van der Waals surface area (Å²) in [4.78, 5) is 10.3. The highest BCUT2D eigenvalue weighted by molar-refractivity contribution is 5.52. The third-order valence-corrected chi connectivity index (χ3v) is 2.00. The topological polar surface area (TPSA) is 72.6 Å². The van der Waals surface area contributed by atoms with E-state index >= 15 is 0 Å². The summed E-state index contributed by atoms with van der Waals surface area (Å²) in [6, 6.07) is 4.82. The Hall–Kier alpha value is -1.62. The summed E-state index contributed by atoms with van der Waals surface area (Å²) in [7, 11) is 1.38. The lowest BCUT2D eigenvalue weighted by Gasteiger charge is -2.08. The lowest BCUT2D eigenvalue weighted by molar-refractivity contribution is -0.386. The summed E-state index contributed by atoms with van der Waals surface area (Å²) in [6.45, 7) is 1.59. The van der Waals surface area contributed by atoms with E-state index in [1.807, 2.05) is 0 Å². The predicted octanol–water partition coefficient (Wildman–Crippen LogP) is 1.53. The van der Waals surface area contributed by atoms with Crippen LogP contribution in [0.1, 0.15) is 12.5 Å². The molecule has 0 aliphatic heterocycles. The molecule has 1 atom stereocenters. The van der Waals surface area contributed by atoms with Gasteiger partial charge < -0.3 is 9.84 Å². The van der Waals surface area contributed by atoms with Crippen molar-refractivity contribution < 1.29 is 14.8 Å². The monoisotopic (exact) mass is 211 g/mol. The van der Waals surface area contributed by atoms with Crippen molar-refractivity contribution in [3.63, 3.8) is 0 Å². The zero-order valence-corrected chi connectivity index (χ0v) is 8.64. The van der Waals surface area contributed by atoms with Crippen LogP contribution >= 0.6 is 0 Å². The van der Waals surface area contributed by atoms with Crippen LogP contribution in [-0.2, 0) is 6.42 Å². The van der Waals surface area contributed by atoms with Crippen molar-refractivity contribution in [2.75, 3.05) is 7.11 Å². The number of methoxy groups -OCH3 is 1. The van der Waals surface area contributed by atoms with Crippen molar-refractivity contribution >= 4 is 5.69 Å². The largest absolute Gasteiger partial charge is 0.490 e. The van der Waals surface area contributed by atoms with Gasteiger partial charge in [-0.15, -0.1) is 0 Å². The standard InChI is InChI=1S/C10H13NO4/c1-7(12)6-8-4-3-5-9(15-2)10(8)11(13)14/h3-5,7,12H,6H2,1-2H3/t7-/m1/s1. The molecule has 0 unspecified atom stereocenters. The van der Waals surface area contributed by atoms with Crippen molar-refractivity contribution in [2.45, 2.75) is 19.4 Å². The third-order valence-electron chi connectivity index (χ3n) is 2.00. The third kappa shape index (κ3) is 2.66. The fraction of sp³-hybridized carbons (Fsp3) is 0.400. The summed E-state index contributed by atoms with van der Waals surface area (Å²) in [5, 5.41) is 20.0. The number of aliphatic hydroxyl groups is 1. The number of hydrogen-bond acceptors (Lipinski definition) is 4. The van der Waals surface area contributed by atoms with Crippen LogP contribution in [0.25, 0.3) is 0 Å². The Balaban J connectivity index is 3.19. The number of hydrogen-bond donors (Lipinski definition) is 1. The molecule has 0 saturated heterocycles. The SMILES string of the molecule is COc1cccc(C[C@@H](C)O)c1[N+](=O)[O-]. The Bertz CT molecular complexity index is 362. The zero-order chi connectivity index (χ0) is 11.4. The van der Waals surface area contributed by atoms with Crippen LogP contribution in [0, 0.1) is 10.1 Å². The van der Waals surface area contributed by atoms with E-state index in [-0.39, 0.29) is 17.9 Å². The van der Waals surface area contributed by atoms with Gasteiger partial charge in [0, 0.05) is 12.0 Å². The lowest BCUT2D eigenvalue weighted by atomic mass is 10.1. The first kappa shape index (κ1) is 11.5. The Morgan fingerprint density at radius 1 is 1.60 bits per heavy atom. The number of nitrogens with zero attached hydrogens (tertiary/aromatic N) is 1. The Morgan fingerprint density at radius 3 is 2.73 bits per heavy atom. The number of nitro benzene ring substituents is 1. The molecule has 5 nitrogen and oxygen atoms in total. The minimum atomic E-state index is -0.615. The highest BCUT2D eigenvalue weighted by Gasteiger charge is 2.20. The van der Waals surface area contributed by atoms with Crippen LogP contribution in [0.3, 0.4) is 0 Å². The van der Waals surface area contributed by atoms with Crippen molar-refractivity contribution in [3.05, 3.63) is 33.9 Å². The van der Waals surface area contributed by atoms with Crippen molar-refractivity contribution in [2.24, 2.45) is 0 Å². The second-order valence-electron chi connectivity index (χ2n) is 3.28. The lowest BCUT2D eigenvalue weighted by Crippen LogP contribution is -2.07. The van der Waals surface area contributed by atoms with Gasteiger partial charge in [-0.25, -0.2) is 0 Å². The average Bonchev–Trinajstić information content (AvgIpc) is 2.15. The fourth-order valence-corrected chi connectivity index (χ4v) is 1.42. The summed E-state index contributed by atoms with van der Waals surface area (Å²) in [6.07, 6.45) is -0.371. The molecular weight excluding hydrogens is 198 g/mol. The van der Waals surface area contributed by atoms with Gasteiger partial charge in [0.25, 0.3) is 0 Å². The first-order chi connectivity index (χ1) is 7.06. The van der Waals surface area contributed by atoms with Crippen LogP contribution < -0.4 is 4.74 Å². The van der Waals surface area contributed by atoms with Crippen molar-refractivity contribution in [1.82, 2.24) is 0 Å². The number of benzene rings is 1. The summed E-state index contributed by atoms with van der Waals surface area (Å²) in [5.74, 6) is 0.221. The molecule has 15 heavy (non-hydrogen) atoms. The highest BCUT2D eigenvalue weighted by Crippen LogP contribution is 2.31. The number of ether oxygens (including phenoxy) is 1. The number of para-hydroxylation sites is 1. The maximum Gasteiger partial charge on any atom is 0.314 e. The van der Waals surface area contributed by atoms with Crippen molar-refractivity contribution in [1.29, 1.82) is 0 Å². The average molecular weight is 211 g/mol. The molecule has 0 amide bonds. The molecular formula is C10H13NO4. The van der Waals surface area contributed by atoms with Crippen molar-refractivity contribution in [3.8, 4) is 5.75 Å².